The van der Waals surface area contributed by atoms with Gasteiger partial charge in [0.15, 0.2) is 0 Å². The number of rotatable bonds is 4. The number of halogens is 2. The normalized spacial score (nSPS) is 12.4. The number of thioether (sulfide) groups is 1. The molecule has 20 heavy (non-hydrogen) atoms. The molecule has 0 saturated heterocycles. The van der Waals surface area contributed by atoms with E-state index in [1.165, 1.54) is 6.07 Å². The Morgan fingerprint density at radius 2 is 2.00 bits per heavy atom. The zero-order valence-corrected chi connectivity index (χ0v) is 13.1. The Hall–Kier alpha value is -1.03. The van der Waals surface area contributed by atoms with Gasteiger partial charge in [0.1, 0.15) is 5.82 Å². The van der Waals surface area contributed by atoms with E-state index in [4.69, 9.17) is 17.3 Å². The van der Waals surface area contributed by atoms with Gasteiger partial charge in [-0.05, 0) is 49.2 Å². The molecule has 0 aliphatic heterocycles. The van der Waals surface area contributed by atoms with Gasteiger partial charge in [0.2, 0.25) is 0 Å². The average molecular weight is 310 g/mol. The Morgan fingerprint density at radius 3 is 2.65 bits per heavy atom. The highest BCUT2D eigenvalue weighted by atomic mass is 35.5. The molecule has 2 rings (SSSR count). The summed E-state index contributed by atoms with van der Waals surface area (Å²) in [5.41, 5.74) is 8.56. The minimum atomic E-state index is -0.334. The molecule has 1 nitrogen and oxygen atoms in total. The van der Waals surface area contributed by atoms with Crippen LogP contribution in [0.25, 0.3) is 0 Å². The summed E-state index contributed by atoms with van der Waals surface area (Å²) in [6.07, 6.45) is 0. The van der Waals surface area contributed by atoms with Crippen molar-refractivity contribution in [1.29, 1.82) is 0 Å². The lowest BCUT2D eigenvalue weighted by Crippen LogP contribution is -2.16. The third-order valence-corrected chi connectivity index (χ3v) is 4.43. The summed E-state index contributed by atoms with van der Waals surface area (Å²) in [7, 11) is 0. The van der Waals surface area contributed by atoms with Crippen LogP contribution >= 0.6 is 23.4 Å². The van der Waals surface area contributed by atoms with E-state index in [0.717, 1.165) is 16.0 Å². The van der Waals surface area contributed by atoms with Crippen LogP contribution in [0.3, 0.4) is 0 Å². The first-order valence-electron chi connectivity index (χ1n) is 6.38. The molecule has 0 aromatic heterocycles. The topological polar surface area (TPSA) is 26.0 Å². The summed E-state index contributed by atoms with van der Waals surface area (Å²) in [5, 5.41) is 0.696. The molecule has 0 spiro atoms. The molecular formula is C16H17ClFNS. The van der Waals surface area contributed by atoms with E-state index in [1.807, 2.05) is 44.2 Å². The monoisotopic (exact) mass is 309 g/mol. The molecule has 1 atom stereocenters. The smallest absolute Gasteiger partial charge is 0.128 e. The van der Waals surface area contributed by atoms with Crippen molar-refractivity contribution in [2.75, 3.05) is 5.75 Å². The minimum absolute atomic E-state index is 0.221. The summed E-state index contributed by atoms with van der Waals surface area (Å²) in [4.78, 5) is 1.04. The van der Waals surface area contributed by atoms with Crippen molar-refractivity contribution in [1.82, 2.24) is 0 Å². The van der Waals surface area contributed by atoms with Gasteiger partial charge in [-0.2, -0.15) is 0 Å². The van der Waals surface area contributed by atoms with Gasteiger partial charge >= 0.3 is 0 Å². The second-order valence-electron chi connectivity index (χ2n) is 4.85. The second-order valence-corrected chi connectivity index (χ2v) is 6.38. The van der Waals surface area contributed by atoms with Gasteiger partial charge in [0.25, 0.3) is 0 Å². The van der Waals surface area contributed by atoms with Crippen LogP contribution in [0.15, 0.2) is 41.3 Å². The van der Waals surface area contributed by atoms with Crippen molar-refractivity contribution in [3.05, 3.63) is 63.9 Å². The Bertz CT molecular complexity index is 592. The van der Waals surface area contributed by atoms with Gasteiger partial charge in [0.05, 0.1) is 0 Å². The highest BCUT2D eigenvalue weighted by Gasteiger charge is 2.15. The second kappa shape index (κ2) is 6.61. The molecule has 0 radical (unpaired) electrons. The fourth-order valence-corrected chi connectivity index (χ4v) is 3.40. The van der Waals surface area contributed by atoms with Gasteiger partial charge in [-0.3, -0.25) is 0 Å². The van der Waals surface area contributed by atoms with Crippen LogP contribution in [0.2, 0.25) is 5.02 Å². The fourth-order valence-electron chi connectivity index (χ4n) is 2.22. The first-order valence-corrected chi connectivity index (χ1v) is 7.74. The van der Waals surface area contributed by atoms with E-state index in [2.05, 4.69) is 0 Å². The van der Waals surface area contributed by atoms with Crippen molar-refractivity contribution in [3.8, 4) is 0 Å². The van der Waals surface area contributed by atoms with Crippen LogP contribution in [0.1, 0.15) is 22.7 Å². The third-order valence-electron chi connectivity index (χ3n) is 3.08. The Labute approximate surface area is 128 Å². The molecule has 106 valence electrons. The predicted molar refractivity (Wildman–Crippen MR) is 85.0 cm³/mol. The maximum atomic E-state index is 14.0. The maximum absolute atomic E-state index is 14.0. The maximum Gasteiger partial charge on any atom is 0.128 e. The first kappa shape index (κ1) is 15.4. The van der Waals surface area contributed by atoms with Crippen molar-refractivity contribution in [2.45, 2.75) is 24.8 Å². The van der Waals surface area contributed by atoms with Gasteiger partial charge in [-0.15, -0.1) is 11.8 Å². The third kappa shape index (κ3) is 3.75. The van der Waals surface area contributed by atoms with Crippen LogP contribution in [0.5, 0.6) is 0 Å². The summed E-state index contributed by atoms with van der Waals surface area (Å²) in [5.74, 6) is 0.392. The Balaban J connectivity index is 2.11. The average Bonchev–Trinajstić information content (AvgIpc) is 2.35. The molecule has 0 bridgehead atoms. The number of nitrogens with two attached hydrogens (primary N) is 1. The van der Waals surface area contributed by atoms with E-state index in [-0.39, 0.29) is 11.9 Å². The van der Waals surface area contributed by atoms with Gasteiger partial charge in [-0.1, -0.05) is 23.7 Å². The van der Waals surface area contributed by atoms with Crippen molar-refractivity contribution >= 4 is 23.4 Å². The molecule has 2 aromatic carbocycles. The van der Waals surface area contributed by atoms with E-state index < -0.39 is 0 Å². The Kier molecular flexibility index (Phi) is 5.08. The van der Waals surface area contributed by atoms with Crippen LogP contribution in [0.4, 0.5) is 4.39 Å². The highest BCUT2D eigenvalue weighted by Crippen LogP contribution is 2.28. The van der Waals surface area contributed by atoms with Gasteiger partial charge < -0.3 is 5.73 Å². The predicted octanol–water partition coefficient (Wildman–Crippen LogP) is 4.89. The molecule has 0 saturated carbocycles. The zero-order chi connectivity index (χ0) is 14.7. The number of aryl methyl sites for hydroxylation is 2. The summed E-state index contributed by atoms with van der Waals surface area (Å²) >= 11 is 7.52. The summed E-state index contributed by atoms with van der Waals surface area (Å²) in [6, 6.07) is 10.7. The number of hydrogen-bond donors (Lipinski definition) is 1. The van der Waals surface area contributed by atoms with E-state index in [9.17, 15) is 4.39 Å². The van der Waals surface area contributed by atoms with E-state index in [1.54, 1.807) is 11.8 Å². The molecule has 0 fully saturated rings. The molecule has 0 aliphatic rings. The summed E-state index contributed by atoms with van der Waals surface area (Å²) < 4.78 is 14.0. The van der Waals surface area contributed by atoms with Gasteiger partial charge in [-0.25, -0.2) is 4.39 Å². The van der Waals surface area contributed by atoms with Crippen LogP contribution in [0, 0.1) is 19.7 Å². The number of benzene rings is 2. The van der Waals surface area contributed by atoms with Gasteiger partial charge in [0, 0.05) is 27.3 Å². The standard InChI is InChI=1S/C16H17ClFNS/c1-10-6-11(2)16(14(18)7-10)15(19)9-20-13-5-3-4-12(17)8-13/h3-8,15H,9,19H2,1-2H3. The molecule has 2 N–H and O–H groups in total. The highest BCUT2D eigenvalue weighted by molar-refractivity contribution is 7.99. The molecule has 0 aliphatic carbocycles. The van der Waals surface area contributed by atoms with Crippen LogP contribution in [-0.4, -0.2) is 5.75 Å². The number of hydrogen-bond acceptors (Lipinski definition) is 2. The van der Waals surface area contributed by atoms with Crippen LogP contribution < -0.4 is 5.73 Å². The lowest BCUT2D eigenvalue weighted by Gasteiger charge is -2.16. The molecule has 1 unspecified atom stereocenters. The Morgan fingerprint density at radius 1 is 1.25 bits per heavy atom. The van der Waals surface area contributed by atoms with Crippen LogP contribution in [-0.2, 0) is 0 Å². The van der Waals surface area contributed by atoms with Crippen molar-refractivity contribution in [3.63, 3.8) is 0 Å². The summed E-state index contributed by atoms with van der Waals surface area (Å²) in [6.45, 7) is 3.78. The fraction of sp³-hybridized carbons (Fsp3) is 0.250. The van der Waals surface area contributed by atoms with E-state index >= 15 is 0 Å². The van der Waals surface area contributed by atoms with E-state index in [0.29, 0.717) is 16.3 Å². The largest absolute Gasteiger partial charge is 0.323 e. The lowest BCUT2D eigenvalue weighted by atomic mass is 10.00. The minimum Gasteiger partial charge on any atom is -0.323 e. The quantitative estimate of drug-likeness (QED) is 0.814. The molecule has 2 aromatic rings. The first-order chi connectivity index (χ1) is 9.47. The SMILES string of the molecule is Cc1cc(C)c(C(N)CSc2cccc(Cl)c2)c(F)c1. The molecule has 4 heteroatoms. The van der Waals surface area contributed by atoms with Crippen molar-refractivity contribution in [2.24, 2.45) is 5.73 Å². The molecule has 0 heterocycles. The lowest BCUT2D eigenvalue weighted by molar-refractivity contribution is 0.591. The zero-order valence-electron chi connectivity index (χ0n) is 11.5. The molecular weight excluding hydrogens is 293 g/mol. The van der Waals surface area contributed by atoms with Crippen molar-refractivity contribution < 1.29 is 4.39 Å². The molecule has 0 amide bonds.